The number of halogens is 2. The number of thiophene rings is 1. The lowest BCUT2D eigenvalue weighted by Crippen LogP contribution is -2.12. The largest absolute Gasteiger partial charge is 0.462 e. The summed E-state index contributed by atoms with van der Waals surface area (Å²) in [6.07, 6.45) is 1.90. The molecule has 4 rings (SSSR count). The SMILES string of the molecule is CCOC(=O)c1cc(-c2ccc(C(CC(=NO)c3ccnc(C)c3)c3ccc(Cl)cc3F)cc2)cs1. The first-order valence-corrected chi connectivity index (χ1v) is 12.6. The van der Waals surface area contributed by atoms with E-state index in [1.807, 2.05) is 42.6 Å². The van der Waals surface area contributed by atoms with Crippen molar-refractivity contribution in [2.45, 2.75) is 26.2 Å². The number of ether oxygens (including phenoxy) is 1. The standard InChI is InChI=1S/C28H24ClFN2O3S/c1-3-35-28(33)27-13-21(16-36-27)18-4-6-19(7-5-18)24(23-9-8-22(29)14-25(23)30)15-26(32-34)20-10-11-31-17(2)12-20/h4-14,16,24,34H,3,15H2,1-2H3. The van der Waals surface area contributed by atoms with E-state index in [0.29, 0.717) is 33.3 Å². The Morgan fingerprint density at radius 3 is 2.58 bits per heavy atom. The van der Waals surface area contributed by atoms with Crippen molar-refractivity contribution in [2.75, 3.05) is 6.61 Å². The number of nitrogens with zero attached hydrogens (tertiary/aromatic N) is 2. The van der Waals surface area contributed by atoms with Gasteiger partial charge in [0, 0.05) is 34.8 Å². The average Bonchev–Trinajstić information content (AvgIpc) is 3.36. The molecule has 0 amide bonds. The summed E-state index contributed by atoms with van der Waals surface area (Å²) in [6.45, 7) is 3.95. The van der Waals surface area contributed by atoms with Gasteiger partial charge in [0.15, 0.2) is 0 Å². The van der Waals surface area contributed by atoms with Gasteiger partial charge in [-0.25, -0.2) is 9.18 Å². The van der Waals surface area contributed by atoms with Crippen LogP contribution in [-0.4, -0.2) is 28.5 Å². The lowest BCUT2D eigenvalue weighted by molar-refractivity contribution is 0.0532. The topological polar surface area (TPSA) is 71.8 Å². The van der Waals surface area contributed by atoms with Gasteiger partial charge in [0.1, 0.15) is 10.7 Å². The van der Waals surface area contributed by atoms with Crippen molar-refractivity contribution in [3.8, 4) is 11.1 Å². The third kappa shape index (κ3) is 5.80. The van der Waals surface area contributed by atoms with Crippen LogP contribution in [0, 0.1) is 12.7 Å². The summed E-state index contributed by atoms with van der Waals surface area (Å²) in [7, 11) is 0. The molecular weight excluding hydrogens is 499 g/mol. The van der Waals surface area contributed by atoms with E-state index in [1.165, 1.54) is 17.4 Å². The highest BCUT2D eigenvalue weighted by Crippen LogP contribution is 2.34. The van der Waals surface area contributed by atoms with E-state index in [2.05, 4.69) is 10.1 Å². The van der Waals surface area contributed by atoms with Crippen LogP contribution in [0.15, 0.2) is 77.4 Å². The highest BCUT2D eigenvalue weighted by Gasteiger charge is 2.22. The summed E-state index contributed by atoms with van der Waals surface area (Å²) < 4.78 is 20.1. The lowest BCUT2D eigenvalue weighted by Gasteiger charge is -2.20. The van der Waals surface area contributed by atoms with Gasteiger partial charge in [-0.05, 0) is 71.8 Å². The van der Waals surface area contributed by atoms with Crippen LogP contribution in [-0.2, 0) is 4.74 Å². The number of esters is 1. The maximum atomic E-state index is 15.1. The Morgan fingerprint density at radius 2 is 1.92 bits per heavy atom. The number of oxime groups is 1. The molecule has 0 aliphatic rings. The van der Waals surface area contributed by atoms with Gasteiger partial charge in [-0.2, -0.15) is 0 Å². The van der Waals surface area contributed by atoms with Crippen molar-refractivity contribution in [1.29, 1.82) is 0 Å². The van der Waals surface area contributed by atoms with E-state index in [0.717, 1.165) is 22.4 Å². The summed E-state index contributed by atoms with van der Waals surface area (Å²) in [5.74, 6) is -1.21. The monoisotopic (exact) mass is 522 g/mol. The van der Waals surface area contributed by atoms with Gasteiger partial charge >= 0.3 is 5.97 Å². The molecule has 4 aromatic rings. The second-order valence-corrected chi connectivity index (χ2v) is 9.54. The molecule has 0 aliphatic carbocycles. The van der Waals surface area contributed by atoms with Crippen LogP contribution in [0.5, 0.6) is 0 Å². The summed E-state index contributed by atoms with van der Waals surface area (Å²) in [5, 5.41) is 15.6. The van der Waals surface area contributed by atoms with Crippen molar-refractivity contribution in [3.05, 3.63) is 110 Å². The molecular formula is C28H24ClFN2O3S. The third-order valence-electron chi connectivity index (χ3n) is 5.81. The van der Waals surface area contributed by atoms with E-state index < -0.39 is 11.7 Å². The zero-order valence-corrected chi connectivity index (χ0v) is 21.3. The van der Waals surface area contributed by atoms with E-state index in [4.69, 9.17) is 16.3 Å². The second kappa shape index (κ2) is 11.5. The van der Waals surface area contributed by atoms with Gasteiger partial charge in [0.2, 0.25) is 0 Å². The number of carbonyl (C=O) groups excluding carboxylic acids is 1. The maximum absolute atomic E-state index is 15.1. The lowest BCUT2D eigenvalue weighted by atomic mass is 9.84. The van der Waals surface area contributed by atoms with Crippen molar-refractivity contribution in [1.82, 2.24) is 4.98 Å². The first-order valence-electron chi connectivity index (χ1n) is 11.3. The van der Waals surface area contributed by atoms with E-state index >= 15 is 4.39 Å². The van der Waals surface area contributed by atoms with Crippen LogP contribution in [0.25, 0.3) is 11.1 Å². The molecule has 0 bridgehead atoms. The Hall–Kier alpha value is -3.55. The number of carbonyl (C=O) groups is 1. The number of aromatic nitrogens is 1. The van der Waals surface area contributed by atoms with Gasteiger partial charge < -0.3 is 9.94 Å². The molecule has 1 atom stereocenters. The fourth-order valence-corrected chi connectivity index (χ4v) is 5.00. The molecule has 0 saturated carbocycles. The summed E-state index contributed by atoms with van der Waals surface area (Å²) in [4.78, 5) is 16.8. The van der Waals surface area contributed by atoms with Crippen LogP contribution in [0.4, 0.5) is 4.39 Å². The highest BCUT2D eigenvalue weighted by molar-refractivity contribution is 7.12. The first-order chi connectivity index (χ1) is 17.4. The van der Waals surface area contributed by atoms with Gasteiger partial charge in [0.25, 0.3) is 0 Å². The molecule has 2 aromatic carbocycles. The molecule has 2 aromatic heterocycles. The minimum Gasteiger partial charge on any atom is -0.462 e. The summed E-state index contributed by atoms with van der Waals surface area (Å²) >= 11 is 7.33. The third-order valence-corrected chi connectivity index (χ3v) is 6.95. The number of aryl methyl sites for hydroxylation is 1. The summed E-state index contributed by atoms with van der Waals surface area (Å²) in [6, 6.07) is 17.7. The molecule has 0 radical (unpaired) electrons. The molecule has 1 unspecified atom stereocenters. The van der Waals surface area contributed by atoms with Gasteiger partial charge in [-0.1, -0.05) is 47.1 Å². The van der Waals surface area contributed by atoms with Crippen molar-refractivity contribution < 1.29 is 19.1 Å². The Balaban J connectivity index is 1.69. The van der Waals surface area contributed by atoms with E-state index in [9.17, 15) is 10.0 Å². The molecule has 0 spiro atoms. The van der Waals surface area contributed by atoms with Crippen LogP contribution < -0.4 is 0 Å². The van der Waals surface area contributed by atoms with E-state index in [1.54, 1.807) is 37.4 Å². The fraction of sp³-hybridized carbons (Fsp3) is 0.179. The number of benzene rings is 2. The number of rotatable bonds is 8. The van der Waals surface area contributed by atoms with E-state index in [-0.39, 0.29) is 12.4 Å². The Kier molecular flexibility index (Phi) is 8.13. The van der Waals surface area contributed by atoms with Crippen LogP contribution in [0.2, 0.25) is 5.02 Å². The Labute approximate surface area is 217 Å². The Morgan fingerprint density at radius 1 is 1.14 bits per heavy atom. The van der Waals surface area contributed by atoms with Crippen molar-refractivity contribution >= 4 is 34.6 Å². The normalized spacial score (nSPS) is 12.4. The molecule has 1 N–H and O–H groups in total. The van der Waals surface area contributed by atoms with Crippen LogP contribution in [0.3, 0.4) is 0 Å². The molecule has 0 fully saturated rings. The average molecular weight is 523 g/mol. The predicted molar refractivity (Wildman–Crippen MR) is 141 cm³/mol. The van der Waals surface area contributed by atoms with Gasteiger partial charge in [-0.15, -0.1) is 11.3 Å². The molecule has 0 aliphatic heterocycles. The number of hydrogen-bond donors (Lipinski definition) is 1. The minimum atomic E-state index is -0.437. The summed E-state index contributed by atoms with van der Waals surface area (Å²) in [5.41, 5.74) is 5.01. The van der Waals surface area contributed by atoms with Crippen LogP contribution in [0.1, 0.15) is 51.3 Å². The quantitative estimate of drug-likeness (QED) is 0.113. The zero-order chi connectivity index (χ0) is 25.7. The molecule has 8 heteroatoms. The highest BCUT2D eigenvalue weighted by atomic mass is 35.5. The molecule has 2 heterocycles. The van der Waals surface area contributed by atoms with Gasteiger partial charge in [0.05, 0.1) is 12.3 Å². The molecule has 0 saturated heterocycles. The molecule has 184 valence electrons. The minimum absolute atomic E-state index is 0.253. The first kappa shape index (κ1) is 25.5. The van der Waals surface area contributed by atoms with Crippen LogP contribution >= 0.6 is 22.9 Å². The second-order valence-electron chi connectivity index (χ2n) is 8.20. The smallest absolute Gasteiger partial charge is 0.348 e. The zero-order valence-electron chi connectivity index (χ0n) is 19.7. The predicted octanol–water partition coefficient (Wildman–Crippen LogP) is 7.49. The van der Waals surface area contributed by atoms with Crippen molar-refractivity contribution in [2.24, 2.45) is 5.16 Å². The number of pyridine rings is 1. The number of hydrogen-bond acceptors (Lipinski definition) is 6. The van der Waals surface area contributed by atoms with Crippen molar-refractivity contribution in [3.63, 3.8) is 0 Å². The molecule has 36 heavy (non-hydrogen) atoms. The Bertz CT molecular complexity index is 1400. The van der Waals surface area contributed by atoms with Gasteiger partial charge in [-0.3, -0.25) is 4.98 Å². The fourth-order valence-electron chi connectivity index (χ4n) is 4.03. The molecule has 5 nitrogen and oxygen atoms in total. The maximum Gasteiger partial charge on any atom is 0.348 e.